The summed E-state index contributed by atoms with van der Waals surface area (Å²) in [6, 6.07) is 5.58. The summed E-state index contributed by atoms with van der Waals surface area (Å²) in [6.45, 7) is 1.63. The Labute approximate surface area is 151 Å². The lowest BCUT2D eigenvalue weighted by Gasteiger charge is -2.10. The minimum absolute atomic E-state index is 0. The first-order valence-corrected chi connectivity index (χ1v) is 7.02. The monoisotopic (exact) mass is 430 g/mol. The third-order valence-corrected chi connectivity index (χ3v) is 3.06. The van der Waals surface area contributed by atoms with Crippen LogP contribution < -0.4 is 20.5 Å². The van der Waals surface area contributed by atoms with Crippen molar-refractivity contribution < 1.29 is 9.47 Å². The molecule has 2 heterocycles. The van der Waals surface area contributed by atoms with Crippen molar-refractivity contribution in [3.05, 3.63) is 30.4 Å². The number of hydrogen-bond donors (Lipinski definition) is 2. The first kappa shape index (κ1) is 17.3. The number of fused-ring (bicyclic) bond motifs is 1. The number of benzene rings is 1. The normalized spacial score (nSPS) is 13.9. The van der Waals surface area contributed by atoms with E-state index in [-0.39, 0.29) is 24.0 Å². The van der Waals surface area contributed by atoms with Crippen LogP contribution in [0, 0.1) is 0 Å². The van der Waals surface area contributed by atoms with Crippen LogP contribution in [0.1, 0.15) is 12.2 Å². The Morgan fingerprint density at radius 2 is 2.13 bits per heavy atom. The summed E-state index contributed by atoms with van der Waals surface area (Å²) in [4.78, 5) is 8.29. The van der Waals surface area contributed by atoms with E-state index in [1.54, 1.807) is 18.1 Å². The molecule has 0 atom stereocenters. The molecule has 0 radical (unpaired) electrons. The molecule has 0 fully saturated rings. The van der Waals surface area contributed by atoms with Crippen LogP contribution in [-0.2, 0) is 13.6 Å². The maximum Gasteiger partial charge on any atom is 0.193 e. The Balaban J connectivity index is 0.00000192. The van der Waals surface area contributed by atoms with Crippen molar-refractivity contribution in [1.82, 2.24) is 14.8 Å². The van der Waals surface area contributed by atoms with Crippen LogP contribution in [0.5, 0.6) is 11.5 Å². The average molecular weight is 430 g/mol. The van der Waals surface area contributed by atoms with Gasteiger partial charge < -0.3 is 20.5 Å². The van der Waals surface area contributed by atoms with E-state index in [4.69, 9.17) is 15.2 Å². The zero-order valence-corrected chi connectivity index (χ0v) is 15.1. The van der Waals surface area contributed by atoms with Crippen molar-refractivity contribution in [3.8, 4) is 11.5 Å². The summed E-state index contributed by atoms with van der Waals surface area (Å²) in [5.41, 5.74) is 6.66. The van der Waals surface area contributed by atoms with Gasteiger partial charge in [-0.05, 0) is 12.1 Å². The standard InChI is InChI=1S/C14H18N6O2.HI/c1-20-9-17-13(19-20)8-16-14(15)18-10-3-4-11-12(7-10)22-6-2-5-21-11;/h3-4,7,9H,2,5-6,8H2,1H3,(H3,15,16,18);1H. The number of aliphatic imine (C=N–C) groups is 1. The fourth-order valence-corrected chi connectivity index (χ4v) is 2.04. The fraction of sp³-hybridized carbons (Fsp3) is 0.357. The van der Waals surface area contributed by atoms with Gasteiger partial charge in [-0.3, -0.25) is 4.68 Å². The molecule has 0 saturated carbocycles. The number of anilines is 1. The third kappa shape index (κ3) is 4.71. The fourth-order valence-electron chi connectivity index (χ4n) is 2.04. The SMILES string of the molecule is Cn1cnc(CN=C(N)Nc2ccc3c(c2)OCCCO3)n1.I. The minimum atomic E-state index is 0. The highest BCUT2D eigenvalue weighted by Crippen LogP contribution is 2.32. The van der Waals surface area contributed by atoms with Crippen LogP contribution in [0.2, 0.25) is 0 Å². The van der Waals surface area contributed by atoms with E-state index < -0.39 is 0 Å². The van der Waals surface area contributed by atoms with E-state index in [1.165, 1.54) is 0 Å². The Kier molecular flexibility index (Phi) is 6.02. The Morgan fingerprint density at radius 3 is 2.87 bits per heavy atom. The molecule has 23 heavy (non-hydrogen) atoms. The average Bonchev–Trinajstić information content (AvgIpc) is 2.78. The van der Waals surface area contributed by atoms with Crippen LogP contribution in [0.3, 0.4) is 0 Å². The Bertz CT molecular complexity index is 688. The first-order valence-electron chi connectivity index (χ1n) is 7.02. The van der Waals surface area contributed by atoms with E-state index in [0.29, 0.717) is 37.3 Å². The van der Waals surface area contributed by atoms with Gasteiger partial charge in [-0.15, -0.1) is 24.0 Å². The summed E-state index contributed by atoms with van der Waals surface area (Å²) < 4.78 is 12.8. The molecule has 1 aromatic heterocycles. The summed E-state index contributed by atoms with van der Waals surface area (Å²) in [6.07, 6.45) is 2.50. The molecule has 8 nitrogen and oxygen atoms in total. The van der Waals surface area contributed by atoms with Crippen molar-refractivity contribution in [2.24, 2.45) is 17.8 Å². The number of rotatable bonds is 3. The first-order chi connectivity index (χ1) is 10.7. The van der Waals surface area contributed by atoms with Crippen LogP contribution in [0.25, 0.3) is 0 Å². The molecule has 1 aliphatic heterocycles. The van der Waals surface area contributed by atoms with Crippen molar-refractivity contribution in [2.75, 3.05) is 18.5 Å². The van der Waals surface area contributed by atoms with Crippen molar-refractivity contribution >= 4 is 35.6 Å². The van der Waals surface area contributed by atoms with E-state index in [1.807, 2.05) is 18.2 Å². The van der Waals surface area contributed by atoms with Crippen molar-refractivity contribution in [2.45, 2.75) is 13.0 Å². The summed E-state index contributed by atoms with van der Waals surface area (Å²) in [5.74, 6) is 2.37. The summed E-state index contributed by atoms with van der Waals surface area (Å²) >= 11 is 0. The highest BCUT2D eigenvalue weighted by Gasteiger charge is 2.10. The zero-order chi connectivity index (χ0) is 15.4. The third-order valence-electron chi connectivity index (χ3n) is 3.06. The molecule has 1 aliphatic rings. The summed E-state index contributed by atoms with van der Waals surface area (Å²) in [5, 5.41) is 7.16. The molecule has 9 heteroatoms. The molecule has 0 unspecified atom stereocenters. The van der Waals surface area contributed by atoms with Gasteiger partial charge in [-0.2, -0.15) is 5.10 Å². The molecule has 124 valence electrons. The molecule has 0 amide bonds. The van der Waals surface area contributed by atoms with Crippen LogP contribution in [-0.4, -0.2) is 33.9 Å². The number of aromatic nitrogens is 3. The quantitative estimate of drug-likeness (QED) is 0.435. The molecule has 0 bridgehead atoms. The van der Waals surface area contributed by atoms with E-state index in [2.05, 4.69) is 20.4 Å². The minimum Gasteiger partial charge on any atom is -0.490 e. The molecule has 3 N–H and O–H groups in total. The molecule has 0 aliphatic carbocycles. The van der Waals surface area contributed by atoms with Gasteiger partial charge in [0.1, 0.15) is 12.9 Å². The maximum atomic E-state index is 5.87. The maximum absolute atomic E-state index is 5.87. The number of aryl methyl sites for hydroxylation is 1. The predicted molar refractivity (Wildman–Crippen MR) is 97.4 cm³/mol. The van der Waals surface area contributed by atoms with E-state index >= 15 is 0 Å². The highest BCUT2D eigenvalue weighted by atomic mass is 127. The largest absolute Gasteiger partial charge is 0.490 e. The smallest absolute Gasteiger partial charge is 0.193 e. The lowest BCUT2D eigenvalue weighted by Crippen LogP contribution is -2.22. The van der Waals surface area contributed by atoms with Crippen molar-refractivity contribution in [3.63, 3.8) is 0 Å². The number of ether oxygens (including phenoxy) is 2. The Hall–Kier alpha value is -2.04. The molecule has 2 aromatic rings. The molecule has 1 aromatic carbocycles. The number of halogens is 1. The van der Waals surface area contributed by atoms with Crippen molar-refractivity contribution in [1.29, 1.82) is 0 Å². The zero-order valence-electron chi connectivity index (χ0n) is 12.7. The van der Waals surface area contributed by atoms with Gasteiger partial charge in [0.05, 0.1) is 13.2 Å². The van der Waals surface area contributed by atoms with Gasteiger partial charge in [0, 0.05) is 25.2 Å². The number of guanidine groups is 1. The molecule has 0 saturated heterocycles. The molecule has 3 rings (SSSR count). The predicted octanol–water partition coefficient (Wildman–Crippen LogP) is 1.52. The van der Waals surface area contributed by atoms with E-state index in [0.717, 1.165) is 17.9 Å². The lowest BCUT2D eigenvalue weighted by molar-refractivity contribution is 0.297. The summed E-state index contributed by atoms with van der Waals surface area (Å²) in [7, 11) is 1.81. The molecular weight excluding hydrogens is 411 g/mol. The molecule has 0 spiro atoms. The molecular formula is C14H19IN6O2. The Morgan fingerprint density at radius 1 is 1.35 bits per heavy atom. The number of hydrogen-bond acceptors (Lipinski definition) is 5. The lowest BCUT2D eigenvalue weighted by atomic mass is 10.3. The highest BCUT2D eigenvalue weighted by molar-refractivity contribution is 14.0. The van der Waals surface area contributed by atoms with Gasteiger partial charge in [-0.1, -0.05) is 0 Å². The van der Waals surface area contributed by atoms with E-state index in [9.17, 15) is 0 Å². The van der Waals surface area contributed by atoms with Crippen LogP contribution in [0.15, 0.2) is 29.5 Å². The second-order valence-corrected chi connectivity index (χ2v) is 4.87. The second kappa shape index (κ2) is 7.99. The van der Waals surface area contributed by atoms with Gasteiger partial charge in [0.15, 0.2) is 23.3 Å². The topological polar surface area (TPSA) is 99.6 Å². The number of nitrogens with one attached hydrogen (secondary N) is 1. The van der Waals surface area contributed by atoms with Gasteiger partial charge in [-0.25, -0.2) is 9.98 Å². The van der Waals surface area contributed by atoms with Crippen LogP contribution >= 0.6 is 24.0 Å². The second-order valence-electron chi connectivity index (χ2n) is 4.87. The number of nitrogens with zero attached hydrogens (tertiary/aromatic N) is 4. The van der Waals surface area contributed by atoms with Gasteiger partial charge in [0.25, 0.3) is 0 Å². The van der Waals surface area contributed by atoms with Gasteiger partial charge in [0.2, 0.25) is 0 Å². The van der Waals surface area contributed by atoms with Gasteiger partial charge >= 0.3 is 0 Å². The van der Waals surface area contributed by atoms with Crippen LogP contribution in [0.4, 0.5) is 5.69 Å². The number of nitrogens with two attached hydrogens (primary N) is 1.